The number of carbonyl (C=O) groups excluding carboxylic acids is 1. The quantitative estimate of drug-likeness (QED) is 0.870. The highest BCUT2D eigenvalue weighted by molar-refractivity contribution is 5.68. The van der Waals surface area contributed by atoms with Crippen molar-refractivity contribution in [2.24, 2.45) is 5.73 Å². The molecule has 0 aromatic heterocycles. The molecule has 0 aliphatic carbocycles. The Labute approximate surface area is 130 Å². The monoisotopic (exact) mass is 301 g/mol. The number of ether oxygens (including phenoxy) is 1. The molecule has 1 aliphatic heterocycles. The fourth-order valence-corrected chi connectivity index (χ4v) is 2.08. The molecule has 0 bridgehead atoms. The number of nitrogens with two attached hydrogens (primary N) is 1. The van der Waals surface area contributed by atoms with E-state index in [1.165, 1.54) is 19.6 Å². The van der Waals surface area contributed by atoms with Gasteiger partial charge in [0.05, 0.1) is 0 Å². The van der Waals surface area contributed by atoms with E-state index in [2.05, 4.69) is 25.7 Å². The topological polar surface area (TPSA) is 58.8 Å². The summed E-state index contributed by atoms with van der Waals surface area (Å²) in [6.45, 7) is 17.2. The molecule has 0 unspecified atom stereocenters. The summed E-state index contributed by atoms with van der Waals surface area (Å²) >= 11 is 0. The van der Waals surface area contributed by atoms with E-state index in [1.807, 2.05) is 20.8 Å². The van der Waals surface area contributed by atoms with Crippen LogP contribution in [0.5, 0.6) is 0 Å². The van der Waals surface area contributed by atoms with Crippen LogP contribution >= 0.6 is 0 Å². The van der Waals surface area contributed by atoms with Crippen LogP contribution in [-0.4, -0.2) is 60.3 Å². The molecule has 5 heteroatoms. The van der Waals surface area contributed by atoms with Gasteiger partial charge in [-0.3, -0.25) is 0 Å². The Morgan fingerprint density at radius 1 is 1.14 bits per heavy atom. The van der Waals surface area contributed by atoms with Crippen LogP contribution in [0, 0.1) is 0 Å². The van der Waals surface area contributed by atoms with Crippen LogP contribution in [0.3, 0.4) is 0 Å². The van der Waals surface area contributed by atoms with Crippen LogP contribution in [0.2, 0.25) is 0 Å². The SMILES string of the molecule is CC(C)(C)OC(=O)N1CCC(N)CC1.CCN(CC)CC. The van der Waals surface area contributed by atoms with Gasteiger partial charge < -0.3 is 20.3 Å². The Kier molecular flexibility index (Phi) is 9.62. The zero-order chi connectivity index (χ0) is 16.5. The van der Waals surface area contributed by atoms with E-state index in [9.17, 15) is 4.79 Å². The minimum atomic E-state index is -0.406. The van der Waals surface area contributed by atoms with Crippen molar-refractivity contribution in [3.05, 3.63) is 0 Å². The van der Waals surface area contributed by atoms with Crippen LogP contribution < -0.4 is 5.73 Å². The summed E-state index contributed by atoms with van der Waals surface area (Å²) in [6, 6.07) is 0.244. The zero-order valence-corrected chi connectivity index (χ0v) is 14.8. The molecule has 21 heavy (non-hydrogen) atoms. The molecule has 1 rings (SSSR count). The summed E-state index contributed by atoms with van der Waals surface area (Å²) in [5.74, 6) is 0. The molecule has 0 saturated carbocycles. The van der Waals surface area contributed by atoms with E-state index in [0.29, 0.717) is 0 Å². The van der Waals surface area contributed by atoms with Gasteiger partial charge >= 0.3 is 6.09 Å². The second-order valence-electron chi connectivity index (χ2n) is 6.42. The van der Waals surface area contributed by atoms with Gasteiger partial charge in [0.1, 0.15) is 5.60 Å². The number of piperidine rings is 1. The van der Waals surface area contributed by atoms with Gasteiger partial charge in [-0.2, -0.15) is 0 Å². The number of rotatable bonds is 3. The van der Waals surface area contributed by atoms with E-state index < -0.39 is 5.60 Å². The van der Waals surface area contributed by atoms with Gasteiger partial charge in [-0.25, -0.2) is 4.79 Å². The van der Waals surface area contributed by atoms with Crippen molar-refractivity contribution in [1.29, 1.82) is 0 Å². The van der Waals surface area contributed by atoms with Crippen LogP contribution in [0.1, 0.15) is 54.4 Å². The second-order valence-corrected chi connectivity index (χ2v) is 6.42. The number of amides is 1. The molecule has 1 amide bonds. The molecule has 0 spiro atoms. The highest BCUT2D eigenvalue weighted by Crippen LogP contribution is 2.14. The first-order valence-corrected chi connectivity index (χ1v) is 8.19. The van der Waals surface area contributed by atoms with Gasteiger partial charge in [-0.1, -0.05) is 20.8 Å². The summed E-state index contributed by atoms with van der Waals surface area (Å²) in [5, 5.41) is 0. The highest BCUT2D eigenvalue weighted by Gasteiger charge is 2.25. The maximum atomic E-state index is 11.6. The van der Waals surface area contributed by atoms with E-state index in [0.717, 1.165) is 25.9 Å². The second kappa shape index (κ2) is 10.0. The molecule has 0 aromatic carbocycles. The van der Waals surface area contributed by atoms with Crippen LogP contribution in [-0.2, 0) is 4.74 Å². The third-order valence-electron chi connectivity index (χ3n) is 3.53. The maximum absolute atomic E-state index is 11.6. The summed E-state index contributed by atoms with van der Waals surface area (Å²) in [4.78, 5) is 15.7. The number of carbonyl (C=O) groups is 1. The minimum Gasteiger partial charge on any atom is -0.444 e. The highest BCUT2D eigenvalue weighted by atomic mass is 16.6. The predicted octanol–water partition coefficient (Wildman–Crippen LogP) is 2.69. The van der Waals surface area contributed by atoms with Crippen molar-refractivity contribution in [2.45, 2.75) is 66.0 Å². The normalized spacial score (nSPS) is 16.5. The number of hydrogen-bond acceptors (Lipinski definition) is 4. The Balaban J connectivity index is 0.000000486. The Morgan fingerprint density at radius 3 is 1.86 bits per heavy atom. The van der Waals surface area contributed by atoms with Crippen molar-refractivity contribution in [3.8, 4) is 0 Å². The average molecular weight is 301 g/mol. The van der Waals surface area contributed by atoms with Gasteiger partial charge in [0, 0.05) is 19.1 Å². The Morgan fingerprint density at radius 2 is 1.57 bits per heavy atom. The lowest BCUT2D eigenvalue weighted by atomic mass is 10.1. The Bertz CT molecular complexity index is 272. The van der Waals surface area contributed by atoms with Crippen molar-refractivity contribution >= 4 is 6.09 Å². The lowest BCUT2D eigenvalue weighted by molar-refractivity contribution is 0.0207. The van der Waals surface area contributed by atoms with Crippen molar-refractivity contribution in [2.75, 3.05) is 32.7 Å². The lowest BCUT2D eigenvalue weighted by Gasteiger charge is -2.32. The summed E-state index contributed by atoms with van der Waals surface area (Å²) < 4.78 is 5.26. The van der Waals surface area contributed by atoms with E-state index in [-0.39, 0.29) is 12.1 Å². The largest absolute Gasteiger partial charge is 0.444 e. The molecule has 1 heterocycles. The van der Waals surface area contributed by atoms with Crippen molar-refractivity contribution in [1.82, 2.24) is 9.80 Å². The fraction of sp³-hybridized carbons (Fsp3) is 0.938. The third kappa shape index (κ3) is 9.69. The van der Waals surface area contributed by atoms with Gasteiger partial charge in [0.15, 0.2) is 0 Å². The van der Waals surface area contributed by atoms with E-state index in [1.54, 1.807) is 4.90 Å². The van der Waals surface area contributed by atoms with Crippen LogP contribution in [0.4, 0.5) is 4.79 Å². The summed E-state index contributed by atoms with van der Waals surface area (Å²) in [7, 11) is 0. The average Bonchev–Trinajstić information content (AvgIpc) is 2.40. The molecule has 1 saturated heterocycles. The number of likely N-dealkylation sites (tertiary alicyclic amines) is 1. The molecule has 0 radical (unpaired) electrons. The van der Waals surface area contributed by atoms with Gasteiger partial charge in [0.25, 0.3) is 0 Å². The van der Waals surface area contributed by atoms with Gasteiger partial charge in [0.2, 0.25) is 0 Å². The molecule has 1 fully saturated rings. The van der Waals surface area contributed by atoms with E-state index in [4.69, 9.17) is 10.5 Å². The standard InChI is InChI=1S/C10H20N2O2.C6H15N/c1-10(2,3)14-9(13)12-6-4-8(11)5-7-12;1-4-7(5-2)6-3/h8H,4-7,11H2,1-3H3;4-6H2,1-3H3. The number of hydrogen-bond donors (Lipinski definition) is 1. The van der Waals surface area contributed by atoms with Gasteiger partial charge in [-0.05, 0) is 53.2 Å². The van der Waals surface area contributed by atoms with E-state index >= 15 is 0 Å². The summed E-state index contributed by atoms with van der Waals surface area (Å²) in [5.41, 5.74) is 5.34. The number of nitrogens with zero attached hydrogens (tertiary/aromatic N) is 2. The molecule has 5 nitrogen and oxygen atoms in total. The molecule has 2 N–H and O–H groups in total. The first-order valence-electron chi connectivity index (χ1n) is 8.19. The first kappa shape index (κ1) is 20.2. The van der Waals surface area contributed by atoms with Crippen molar-refractivity contribution < 1.29 is 9.53 Å². The third-order valence-corrected chi connectivity index (χ3v) is 3.53. The Hall–Kier alpha value is -0.810. The maximum Gasteiger partial charge on any atom is 0.410 e. The van der Waals surface area contributed by atoms with Crippen molar-refractivity contribution in [3.63, 3.8) is 0 Å². The molecule has 0 aromatic rings. The molecular formula is C16H35N3O2. The zero-order valence-electron chi connectivity index (χ0n) is 14.8. The first-order chi connectivity index (χ1) is 9.73. The summed E-state index contributed by atoms with van der Waals surface area (Å²) in [6.07, 6.45) is 1.53. The minimum absolute atomic E-state index is 0.218. The smallest absolute Gasteiger partial charge is 0.410 e. The fourth-order valence-electron chi connectivity index (χ4n) is 2.08. The van der Waals surface area contributed by atoms with Crippen LogP contribution in [0.25, 0.3) is 0 Å². The van der Waals surface area contributed by atoms with Gasteiger partial charge in [-0.15, -0.1) is 0 Å². The molecular weight excluding hydrogens is 266 g/mol. The van der Waals surface area contributed by atoms with Crippen LogP contribution in [0.15, 0.2) is 0 Å². The molecule has 0 atom stereocenters. The molecule has 1 aliphatic rings. The molecule has 126 valence electrons. The predicted molar refractivity (Wildman–Crippen MR) is 88.5 cm³/mol. The lowest BCUT2D eigenvalue weighted by Crippen LogP contribution is -2.44.